The zero-order chi connectivity index (χ0) is 12.5. The summed E-state index contributed by atoms with van der Waals surface area (Å²) in [5.74, 6) is 0. The van der Waals surface area contributed by atoms with Crippen molar-refractivity contribution in [2.24, 2.45) is 5.73 Å². The third-order valence-corrected chi connectivity index (χ3v) is 3.05. The lowest BCUT2D eigenvalue weighted by molar-refractivity contribution is 0.117. The monoisotopic (exact) mass is 238 g/mol. The first kappa shape index (κ1) is 14.4. The lowest BCUT2D eigenvalue weighted by atomic mass is 9.99. The highest BCUT2D eigenvalue weighted by atomic mass is 16.3. The quantitative estimate of drug-likeness (QED) is 0.448. The first-order valence-corrected chi connectivity index (χ1v) is 6.77. The van der Waals surface area contributed by atoms with Gasteiger partial charge in [0.25, 0.3) is 0 Å². The van der Waals surface area contributed by atoms with E-state index in [-0.39, 0.29) is 6.04 Å². The lowest BCUT2D eigenvalue weighted by Gasteiger charge is -2.21. The summed E-state index contributed by atoms with van der Waals surface area (Å²) in [6, 6.07) is 0.281. The van der Waals surface area contributed by atoms with Crippen molar-refractivity contribution in [3.63, 3.8) is 0 Å². The molecule has 0 saturated carbocycles. The maximum Gasteiger partial charge on any atom is 0.105 e. The Balaban J connectivity index is 2.19. The van der Waals surface area contributed by atoms with Gasteiger partial charge in [0.2, 0.25) is 0 Å². The van der Waals surface area contributed by atoms with Gasteiger partial charge >= 0.3 is 0 Å². The van der Waals surface area contributed by atoms with E-state index in [0.717, 1.165) is 32.1 Å². The summed E-state index contributed by atoms with van der Waals surface area (Å²) in [5.41, 5.74) is 6.84. The van der Waals surface area contributed by atoms with E-state index in [0.29, 0.717) is 6.54 Å². The first-order chi connectivity index (χ1) is 8.26. The van der Waals surface area contributed by atoms with Crippen LogP contribution in [0.3, 0.4) is 0 Å². The van der Waals surface area contributed by atoms with E-state index < -0.39 is 6.23 Å². The standard InChI is InChI=1S/C14H26N2O/c1-2-5-12-7-9-13(10-8-12)16-14(17)6-3-4-11-15/h7-9,13-14,16-17H,2-6,10-11,15H2,1H3. The number of hydrogen-bond donors (Lipinski definition) is 3. The molecular weight excluding hydrogens is 212 g/mol. The number of nitrogens with one attached hydrogen (secondary N) is 1. The molecule has 3 nitrogen and oxygen atoms in total. The van der Waals surface area contributed by atoms with Crippen molar-refractivity contribution >= 4 is 0 Å². The largest absolute Gasteiger partial charge is 0.379 e. The minimum absolute atomic E-state index is 0.281. The zero-order valence-electron chi connectivity index (χ0n) is 10.9. The van der Waals surface area contributed by atoms with Crippen LogP contribution < -0.4 is 11.1 Å². The van der Waals surface area contributed by atoms with Crippen molar-refractivity contribution in [1.29, 1.82) is 0 Å². The fourth-order valence-electron chi connectivity index (χ4n) is 2.07. The van der Waals surface area contributed by atoms with E-state index in [1.165, 1.54) is 12.0 Å². The van der Waals surface area contributed by atoms with Crippen LogP contribution in [0.2, 0.25) is 0 Å². The molecule has 0 heterocycles. The van der Waals surface area contributed by atoms with Crippen molar-refractivity contribution < 1.29 is 5.11 Å². The van der Waals surface area contributed by atoms with Gasteiger partial charge in [-0.25, -0.2) is 0 Å². The Hall–Kier alpha value is -0.640. The molecule has 0 fully saturated rings. The van der Waals surface area contributed by atoms with Crippen LogP contribution in [0.4, 0.5) is 0 Å². The average Bonchev–Trinajstić information content (AvgIpc) is 2.32. The molecule has 0 aromatic heterocycles. The van der Waals surface area contributed by atoms with Crippen LogP contribution >= 0.6 is 0 Å². The maximum absolute atomic E-state index is 9.79. The summed E-state index contributed by atoms with van der Waals surface area (Å²) in [5, 5.41) is 13.0. The number of hydrogen-bond acceptors (Lipinski definition) is 3. The molecule has 17 heavy (non-hydrogen) atoms. The van der Waals surface area contributed by atoms with Gasteiger partial charge in [-0.1, -0.05) is 37.1 Å². The van der Waals surface area contributed by atoms with Gasteiger partial charge < -0.3 is 10.8 Å². The minimum Gasteiger partial charge on any atom is -0.379 e. The van der Waals surface area contributed by atoms with E-state index >= 15 is 0 Å². The second kappa shape index (κ2) is 8.45. The summed E-state index contributed by atoms with van der Waals surface area (Å²) in [7, 11) is 0. The highest BCUT2D eigenvalue weighted by Crippen LogP contribution is 2.15. The molecule has 0 saturated heterocycles. The number of aliphatic hydroxyl groups excluding tert-OH is 1. The van der Waals surface area contributed by atoms with E-state index in [2.05, 4.69) is 30.5 Å². The van der Waals surface area contributed by atoms with E-state index in [1.807, 2.05) is 0 Å². The van der Waals surface area contributed by atoms with Crippen molar-refractivity contribution in [2.75, 3.05) is 6.54 Å². The second-order valence-electron chi connectivity index (χ2n) is 4.70. The van der Waals surface area contributed by atoms with Gasteiger partial charge in [0.1, 0.15) is 6.23 Å². The fourth-order valence-corrected chi connectivity index (χ4v) is 2.07. The number of aliphatic hydroxyl groups is 1. The van der Waals surface area contributed by atoms with Crippen LogP contribution in [-0.4, -0.2) is 23.9 Å². The number of unbranched alkanes of at least 4 members (excludes halogenated alkanes) is 1. The third-order valence-electron chi connectivity index (χ3n) is 3.05. The summed E-state index contributed by atoms with van der Waals surface area (Å²) in [4.78, 5) is 0. The van der Waals surface area contributed by atoms with Gasteiger partial charge in [-0.3, -0.25) is 5.32 Å². The number of rotatable bonds is 8. The van der Waals surface area contributed by atoms with Gasteiger partial charge in [0, 0.05) is 6.04 Å². The Morgan fingerprint density at radius 2 is 2.35 bits per heavy atom. The van der Waals surface area contributed by atoms with Crippen LogP contribution in [0.15, 0.2) is 23.8 Å². The van der Waals surface area contributed by atoms with Crippen LogP contribution in [0.25, 0.3) is 0 Å². The summed E-state index contributed by atoms with van der Waals surface area (Å²) >= 11 is 0. The SMILES string of the molecule is CCCC1=CCC(NC(O)CCCCN)C=C1. The molecule has 0 aromatic rings. The summed E-state index contributed by atoms with van der Waals surface area (Å²) < 4.78 is 0. The molecule has 0 aromatic carbocycles. The van der Waals surface area contributed by atoms with E-state index in [9.17, 15) is 5.11 Å². The predicted octanol–water partition coefficient (Wildman–Crippen LogP) is 2.08. The molecule has 0 radical (unpaired) electrons. The van der Waals surface area contributed by atoms with Gasteiger partial charge in [0.05, 0.1) is 0 Å². The van der Waals surface area contributed by atoms with Crippen molar-refractivity contribution in [2.45, 2.75) is 57.7 Å². The molecule has 3 heteroatoms. The highest BCUT2D eigenvalue weighted by Gasteiger charge is 2.12. The summed E-state index contributed by atoms with van der Waals surface area (Å²) in [6.45, 7) is 2.90. The molecule has 1 aliphatic rings. The van der Waals surface area contributed by atoms with E-state index in [1.54, 1.807) is 0 Å². The van der Waals surface area contributed by atoms with E-state index in [4.69, 9.17) is 5.73 Å². The van der Waals surface area contributed by atoms with Crippen LogP contribution in [0.1, 0.15) is 45.4 Å². The number of allylic oxidation sites excluding steroid dienone is 2. The normalized spacial score (nSPS) is 21.4. The van der Waals surface area contributed by atoms with Gasteiger partial charge in [-0.15, -0.1) is 0 Å². The molecular formula is C14H26N2O. The Morgan fingerprint density at radius 3 is 2.94 bits per heavy atom. The molecule has 4 N–H and O–H groups in total. The predicted molar refractivity (Wildman–Crippen MR) is 72.6 cm³/mol. The van der Waals surface area contributed by atoms with Crippen LogP contribution in [-0.2, 0) is 0 Å². The fraction of sp³-hybridized carbons (Fsp3) is 0.714. The lowest BCUT2D eigenvalue weighted by Crippen LogP contribution is -2.37. The van der Waals surface area contributed by atoms with Crippen molar-refractivity contribution in [3.05, 3.63) is 23.8 Å². The Kier molecular flexibility index (Phi) is 7.17. The van der Waals surface area contributed by atoms with Crippen molar-refractivity contribution in [3.8, 4) is 0 Å². The molecule has 2 unspecified atom stereocenters. The van der Waals surface area contributed by atoms with Gasteiger partial charge in [-0.2, -0.15) is 0 Å². The smallest absolute Gasteiger partial charge is 0.105 e. The van der Waals surface area contributed by atoms with Crippen molar-refractivity contribution in [1.82, 2.24) is 5.32 Å². The van der Waals surface area contributed by atoms with Gasteiger partial charge in [0.15, 0.2) is 0 Å². The van der Waals surface area contributed by atoms with Gasteiger partial charge in [-0.05, 0) is 38.6 Å². The Labute approximate surface area is 105 Å². The highest BCUT2D eigenvalue weighted by molar-refractivity contribution is 5.25. The number of nitrogens with two attached hydrogens (primary N) is 1. The molecule has 2 atom stereocenters. The van der Waals surface area contributed by atoms with Crippen LogP contribution in [0, 0.1) is 0 Å². The second-order valence-corrected chi connectivity index (χ2v) is 4.70. The molecule has 1 aliphatic carbocycles. The summed E-state index contributed by atoms with van der Waals surface area (Å²) in [6.07, 6.45) is 12.3. The Morgan fingerprint density at radius 1 is 1.53 bits per heavy atom. The first-order valence-electron chi connectivity index (χ1n) is 6.77. The molecule has 0 aliphatic heterocycles. The minimum atomic E-state index is -0.405. The molecule has 0 spiro atoms. The average molecular weight is 238 g/mol. The molecule has 98 valence electrons. The molecule has 1 rings (SSSR count). The Bertz CT molecular complexity index is 261. The molecule has 0 bridgehead atoms. The maximum atomic E-state index is 9.79. The zero-order valence-corrected chi connectivity index (χ0v) is 10.9. The third kappa shape index (κ3) is 6.01. The topological polar surface area (TPSA) is 58.3 Å². The van der Waals surface area contributed by atoms with Crippen LogP contribution in [0.5, 0.6) is 0 Å². The molecule has 0 amide bonds.